The van der Waals surface area contributed by atoms with E-state index in [4.69, 9.17) is 0 Å². The second-order valence-corrected chi connectivity index (χ2v) is 6.22. The van der Waals surface area contributed by atoms with Gasteiger partial charge in [0.1, 0.15) is 0 Å². The van der Waals surface area contributed by atoms with Crippen molar-refractivity contribution in [1.82, 2.24) is 19.8 Å². The lowest BCUT2D eigenvalue weighted by atomic mass is 10.1. The number of aromatic nitrogens is 2. The van der Waals surface area contributed by atoms with Gasteiger partial charge >= 0.3 is 0 Å². The van der Waals surface area contributed by atoms with Gasteiger partial charge in [0.05, 0.1) is 12.1 Å². The second-order valence-electron chi connectivity index (χ2n) is 6.22. The van der Waals surface area contributed by atoms with E-state index in [1.807, 2.05) is 24.8 Å². The number of hydrogen-bond acceptors (Lipinski definition) is 4. The monoisotopic (exact) mass is 326 g/mol. The smallest absolute Gasteiger partial charge is 0.255 e. The summed E-state index contributed by atoms with van der Waals surface area (Å²) in [6, 6.07) is 5.45. The third-order valence-electron chi connectivity index (χ3n) is 4.39. The van der Waals surface area contributed by atoms with E-state index in [0.29, 0.717) is 38.3 Å². The van der Waals surface area contributed by atoms with Gasteiger partial charge < -0.3 is 9.88 Å². The largest absolute Gasteiger partial charge is 0.362 e. The number of Topliss-reactive ketones (excluding diaryl/α,β-unsaturated/α-hetero) is 1. The summed E-state index contributed by atoms with van der Waals surface area (Å²) >= 11 is 0. The number of aromatic amines is 1. The van der Waals surface area contributed by atoms with E-state index in [9.17, 15) is 9.59 Å². The molecule has 1 N–H and O–H groups in total. The third kappa shape index (κ3) is 3.54. The number of H-pyrrole nitrogens is 1. The van der Waals surface area contributed by atoms with E-state index >= 15 is 0 Å². The Morgan fingerprint density at radius 1 is 1.21 bits per heavy atom. The molecule has 0 spiro atoms. The first-order valence-electron chi connectivity index (χ1n) is 8.15. The fourth-order valence-corrected chi connectivity index (χ4v) is 3.08. The number of hydrogen-bond donors (Lipinski definition) is 1. The topological polar surface area (TPSA) is 69.3 Å². The van der Waals surface area contributed by atoms with Crippen LogP contribution in [-0.2, 0) is 0 Å². The van der Waals surface area contributed by atoms with Gasteiger partial charge in [0.15, 0.2) is 5.78 Å². The van der Waals surface area contributed by atoms with Crippen molar-refractivity contribution in [3.05, 3.63) is 53.1 Å². The molecule has 6 heteroatoms. The van der Waals surface area contributed by atoms with Crippen LogP contribution in [0.15, 0.2) is 30.6 Å². The lowest BCUT2D eigenvalue weighted by molar-refractivity contribution is 0.0624. The van der Waals surface area contributed by atoms with Crippen LogP contribution in [0.4, 0.5) is 0 Å². The summed E-state index contributed by atoms with van der Waals surface area (Å²) in [7, 11) is 0. The number of amides is 1. The number of aryl methyl sites for hydroxylation is 2. The Labute approximate surface area is 141 Å². The minimum atomic E-state index is 0.00572. The molecule has 0 aliphatic carbocycles. The molecule has 3 rings (SSSR count). The molecule has 0 atom stereocenters. The summed E-state index contributed by atoms with van der Waals surface area (Å²) in [5.74, 6) is 0.134. The third-order valence-corrected chi connectivity index (χ3v) is 4.39. The Hall–Kier alpha value is -2.47. The summed E-state index contributed by atoms with van der Waals surface area (Å²) < 4.78 is 0. The van der Waals surface area contributed by atoms with Gasteiger partial charge in [-0.2, -0.15) is 0 Å². The average molecular weight is 326 g/mol. The highest BCUT2D eigenvalue weighted by atomic mass is 16.2. The summed E-state index contributed by atoms with van der Waals surface area (Å²) in [4.78, 5) is 35.9. The average Bonchev–Trinajstić information content (AvgIpc) is 2.94. The molecule has 1 aliphatic rings. The van der Waals surface area contributed by atoms with Gasteiger partial charge in [0.25, 0.3) is 5.91 Å². The lowest BCUT2D eigenvalue weighted by Gasteiger charge is -2.34. The molecular formula is C18H22N4O2. The van der Waals surface area contributed by atoms with Crippen LogP contribution in [0.5, 0.6) is 0 Å². The van der Waals surface area contributed by atoms with Crippen LogP contribution in [0.3, 0.4) is 0 Å². The van der Waals surface area contributed by atoms with E-state index in [-0.39, 0.29) is 11.7 Å². The molecule has 3 heterocycles. The van der Waals surface area contributed by atoms with Gasteiger partial charge in [0, 0.05) is 55.5 Å². The van der Waals surface area contributed by atoms with E-state index in [1.54, 1.807) is 24.5 Å². The minimum absolute atomic E-state index is 0.00572. The van der Waals surface area contributed by atoms with Gasteiger partial charge in [-0.05, 0) is 32.0 Å². The van der Waals surface area contributed by atoms with Gasteiger partial charge in [-0.3, -0.25) is 19.5 Å². The Morgan fingerprint density at radius 2 is 1.96 bits per heavy atom. The van der Waals surface area contributed by atoms with Crippen LogP contribution in [0.2, 0.25) is 0 Å². The zero-order valence-corrected chi connectivity index (χ0v) is 14.1. The highest BCUT2D eigenvalue weighted by molar-refractivity contribution is 5.99. The fraction of sp³-hybridized carbons (Fsp3) is 0.389. The SMILES string of the molecule is Cc1cc(C(=O)CN2CCN(C(=O)c3cccnc3)CC2)c(C)[nH]1. The van der Waals surface area contributed by atoms with E-state index < -0.39 is 0 Å². The molecule has 0 aromatic carbocycles. The summed E-state index contributed by atoms with van der Waals surface area (Å²) in [5.41, 5.74) is 3.30. The Kier molecular flexibility index (Phi) is 4.76. The van der Waals surface area contributed by atoms with Crippen LogP contribution in [0.25, 0.3) is 0 Å². The molecule has 1 amide bonds. The Morgan fingerprint density at radius 3 is 2.54 bits per heavy atom. The number of carbonyl (C=O) groups excluding carboxylic acids is 2. The quantitative estimate of drug-likeness (QED) is 0.868. The van der Waals surface area contributed by atoms with Crippen LogP contribution < -0.4 is 0 Å². The number of pyridine rings is 1. The van der Waals surface area contributed by atoms with Crippen LogP contribution >= 0.6 is 0 Å². The van der Waals surface area contributed by atoms with E-state index in [0.717, 1.165) is 17.0 Å². The van der Waals surface area contributed by atoms with Crippen molar-refractivity contribution in [2.45, 2.75) is 13.8 Å². The normalized spacial score (nSPS) is 15.5. The summed E-state index contributed by atoms with van der Waals surface area (Å²) in [6.07, 6.45) is 3.25. The van der Waals surface area contributed by atoms with Gasteiger partial charge in [-0.1, -0.05) is 0 Å². The molecular weight excluding hydrogens is 304 g/mol. The Bertz CT molecular complexity index is 731. The van der Waals surface area contributed by atoms with Crippen molar-refractivity contribution in [3.8, 4) is 0 Å². The van der Waals surface area contributed by atoms with Crippen molar-refractivity contribution in [1.29, 1.82) is 0 Å². The summed E-state index contributed by atoms with van der Waals surface area (Å²) in [5, 5.41) is 0. The predicted octanol–water partition coefficient (Wildman–Crippen LogP) is 1.67. The molecule has 1 saturated heterocycles. The molecule has 2 aromatic heterocycles. The molecule has 0 bridgehead atoms. The van der Waals surface area contributed by atoms with Crippen LogP contribution in [0.1, 0.15) is 32.1 Å². The number of carbonyl (C=O) groups is 2. The first kappa shape index (κ1) is 16.4. The standard InChI is InChI=1S/C18H22N4O2/c1-13-10-16(14(2)20-13)17(23)12-21-6-8-22(9-7-21)18(24)15-4-3-5-19-11-15/h3-5,10-11,20H,6-9,12H2,1-2H3. The van der Waals surface area contributed by atoms with Crippen molar-refractivity contribution >= 4 is 11.7 Å². The van der Waals surface area contributed by atoms with Crippen molar-refractivity contribution in [2.24, 2.45) is 0 Å². The van der Waals surface area contributed by atoms with Crippen molar-refractivity contribution in [3.63, 3.8) is 0 Å². The molecule has 1 aliphatic heterocycles. The number of rotatable bonds is 4. The van der Waals surface area contributed by atoms with Crippen LogP contribution in [-0.4, -0.2) is 64.2 Å². The maximum atomic E-state index is 12.4. The highest BCUT2D eigenvalue weighted by Gasteiger charge is 2.24. The maximum Gasteiger partial charge on any atom is 0.255 e. The number of piperazine rings is 1. The van der Waals surface area contributed by atoms with Gasteiger partial charge in [0.2, 0.25) is 0 Å². The predicted molar refractivity (Wildman–Crippen MR) is 91.2 cm³/mol. The summed E-state index contributed by atoms with van der Waals surface area (Å²) in [6.45, 7) is 6.95. The maximum absolute atomic E-state index is 12.4. The lowest BCUT2D eigenvalue weighted by Crippen LogP contribution is -2.49. The van der Waals surface area contributed by atoms with Crippen molar-refractivity contribution in [2.75, 3.05) is 32.7 Å². The molecule has 126 valence electrons. The van der Waals surface area contributed by atoms with Gasteiger partial charge in [-0.15, -0.1) is 0 Å². The van der Waals surface area contributed by atoms with Crippen molar-refractivity contribution < 1.29 is 9.59 Å². The molecule has 0 radical (unpaired) electrons. The number of nitrogens with zero attached hydrogens (tertiary/aromatic N) is 3. The number of nitrogens with one attached hydrogen (secondary N) is 1. The molecule has 6 nitrogen and oxygen atoms in total. The molecule has 1 fully saturated rings. The molecule has 0 saturated carbocycles. The molecule has 2 aromatic rings. The Balaban J connectivity index is 1.55. The molecule has 24 heavy (non-hydrogen) atoms. The highest BCUT2D eigenvalue weighted by Crippen LogP contribution is 2.13. The minimum Gasteiger partial charge on any atom is -0.362 e. The van der Waals surface area contributed by atoms with Gasteiger partial charge in [-0.25, -0.2) is 0 Å². The van der Waals surface area contributed by atoms with E-state index in [1.165, 1.54) is 0 Å². The molecule has 0 unspecified atom stereocenters. The second kappa shape index (κ2) is 6.97. The van der Waals surface area contributed by atoms with Crippen LogP contribution in [0, 0.1) is 13.8 Å². The number of ketones is 1. The first-order chi connectivity index (χ1) is 11.5. The zero-order chi connectivity index (χ0) is 17.1. The fourth-order valence-electron chi connectivity index (χ4n) is 3.08. The zero-order valence-electron chi connectivity index (χ0n) is 14.1. The van der Waals surface area contributed by atoms with E-state index in [2.05, 4.69) is 14.9 Å². The first-order valence-corrected chi connectivity index (χ1v) is 8.15.